The van der Waals surface area contributed by atoms with Crippen molar-refractivity contribution < 1.29 is 24.0 Å². The van der Waals surface area contributed by atoms with Gasteiger partial charge in [0.05, 0.1) is 54.4 Å². The van der Waals surface area contributed by atoms with E-state index in [0.717, 1.165) is 9.91 Å². The van der Waals surface area contributed by atoms with Gasteiger partial charge in [-0.05, 0) is 31.5 Å². The zero-order valence-corrected chi connectivity index (χ0v) is 17.1. The summed E-state index contributed by atoms with van der Waals surface area (Å²) in [5.41, 5.74) is 0.985. The zero-order valence-electron chi connectivity index (χ0n) is 16.2. The van der Waals surface area contributed by atoms with Gasteiger partial charge in [0.25, 0.3) is 5.91 Å². The van der Waals surface area contributed by atoms with E-state index in [1.165, 1.54) is 34.4 Å². The van der Waals surface area contributed by atoms with Gasteiger partial charge in [-0.25, -0.2) is 9.37 Å². The van der Waals surface area contributed by atoms with Crippen LogP contribution in [0.5, 0.6) is 0 Å². The summed E-state index contributed by atoms with van der Waals surface area (Å²) in [5.74, 6) is -2.09. The summed E-state index contributed by atoms with van der Waals surface area (Å²) in [5, 5.41) is 11.3. The van der Waals surface area contributed by atoms with E-state index in [1.54, 1.807) is 19.9 Å². The van der Waals surface area contributed by atoms with E-state index in [1.807, 2.05) is 14.1 Å². The van der Waals surface area contributed by atoms with Crippen LogP contribution >= 0.6 is 11.3 Å². The number of quaternary nitrogens is 1. The summed E-state index contributed by atoms with van der Waals surface area (Å²) in [6, 6.07) is 4.95. The summed E-state index contributed by atoms with van der Waals surface area (Å²) < 4.78 is 13.9. The van der Waals surface area contributed by atoms with E-state index in [0.29, 0.717) is 29.2 Å². The summed E-state index contributed by atoms with van der Waals surface area (Å²) in [6.07, 6.45) is 0. The van der Waals surface area contributed by atoms with Crippen molar-refractivity contribution in [3.63, 3.8) is 0 Å². The number of ketones is 1. The molecular formula is C20H23FN3O3S+. The normalized spacial score (nSPS) is 17.1. The van der Waals surface area contributed by atoms with Gasteiger partial charge in [0.1, 0.15) is 5.82 Å². The maximum Gasteiger partial charge on any atom is 0.290 e. The summed E-state index contributed by atoms with van der Waals surface area (Å²) in [7, 11) is 3.89. The SMILES string of the molecule is Cc1nc(C)c(C(=O)C2=C(O)C(=O)N(CC[NH+](C)C)[C@H]2c2cccc(F)c2)s1. The third kappa shape index (κ3) is 3.70. The first-order chi connectivity index (χ1) is 13.2. The fourth-order valence-corrected chi connectivity index (χ4v) is 4.22. The van der Waals surface area contributed by atoms with Crippen LogP contribution in [0.4, 0.5) is 4.39 Å². The highest BCUT2D eigenvalue weighted by molar-refractivity contribution is 7.14. The van der Waals surface area contributed by atoms with Gasteiger partial charge in [-0.3, -0.25) is 9.59 Å². The Bertz CT molecular complexity index is 967. The standard InChI is InChI=1S/C20H22FN3O3S/c1-11-19(28-12(2)22-11)17(25)15-16(13-6-5-7-14(21)10-13)24(9-8-23(3)4)20(27)18(15)26/h5-7,10,16,26H,8-9H2,1-4H3/p+1/t16-/m0/s1. The molecule has 1 aliphatic rings. The van der Waals surface area contributed by atoms with E-state index in [2.05, 4.69) is 4.98 Å². The molecule has 2 aromatic rings. The van der Waals surface area contributed by atoms with Gasteiger partial charge < -0.3 is 14.9 Å². The quantitative estimate of drug-likeness (QED) is 0.718. The van der Waals surface area contributed by atoms with Gasteiger partial charge >= 0.3 is 0 Å². The molecule has 0 fully saturated rings. The molecule has 0 saturated heterocycles. The molecule has 2 heterocycles. The van der Waals surface area contributed by atoms with Crippen LogP contribution in [0.25, 0.3) is 0 Å². The third-order valence-electron chi connectivity index (χ3n) is 4.68. The van der Waals surface area contributed by atoms with Crippen LogP contribution in [0, 0.1) is 19.7 Å². The second kappa shape index (κ2) is 7.81. The van der Waals surface area contributed by atoms with E-state index >= 15 is 0 Å². The number of halogens is 1. The number of hydrogen-bond donors (Lipinski definition) is 2. The molecule has 28 heavy (non-hydrogen) atoms. The zero-order chi connectivity index (χ0) is 20.6. The van der Waals surface area contributed by atoms with E-state index in [4.69, 9.17) is 0 Å². The number of aryl methyl sites for hydroxylation is 2. The van der Waals surface area contributed by atoms with Crippen LogP contribution in [-0.4, -0.2) is 53.9 Å². The monoisotopic (exact) mass is 404 g/mol. The molecule has 1 aliphatic heterocycles. The lowest BCUT2D eigenvalue weighted by atomic mass is 9.95. The number of carbonyl (C=O) groups is 2. The van der Waals surface area contributed by atoms with E-state index in [9.17, 15) is 19.1 Å². The predicted molar refractivity (Wildman–Crippen MR) is 104 cm³/mol. The summed E-state index contributed by atoms with van der Waals surface area (Å²) >= 11 is 1.22. The molecule has 2 N–H and O–H groups in total. The molecule has 0 radical (unpaired) electrons. The van der Waals surface area contributed by atoms with Crippen LogP contribution < -0.4 is 4.90 Å². The second-order valence-corrected chi connectivity index (χ2v) is 8.36. The molecule has 1 aromatic heterocycles. The van der Waals surface area contributed by atoms with Crippen molar-refractivity contribution in [3.05, 3.63) is 62.6 Å². The molecule has 1 atom stereocenters. The van der Waals surface area contributed by atoms with Gasteiger partial charge in [0.15, 0.2) is 5.76 Å². The minimum absolute atomic E-state index is 0.0175. The fourth-order valence-electron chi connectivity index (χ4n) is 3.35. The number of aromatic nitrogens is 1. The molecule has 1 amide bonds. The Morgan fingerprint density at radius 2 is 2.07 bits per heavy atom. The van der Waals surface area contributed by atoms with Crippen molar-refractivity contribution in [2.45, 2.75) is 19.9 Å². The number of carbonyl (C=O) groups excluding carboxylic acids is 2. The smallest absolute Gasteiger partial charge is 0.290 e. The van der Waals surface area contributed by atoms with Gasteiger partial charge in [0, 0.05) is 0 Å². The van der Waals surface area contributed by atoms with Gasteiger partial charge in [-0.2, -0.15) is 0 Å². The number of aliphatic hydroxyl groups is 1. The fraction of sp³-hybridized carbons (Fsp3) is 0.350. The Morgan fingerprint density at radius 1 is 1.36 bits per heavy atom. The number of nitrogens with one attached hydrogen (secondary N) is 1. The Labute approximate surface area is 166 Å². The van der Waals surface area contributed by atoms with Crippen molar-refractivity contribution in [2.24, 2.45) is 0 Å². The number of nitrogens with zero attached hydrogens (tertiary/aromatic N) is 2. The van der Waals surface area contributed by atoms with Crippen molar-refractivity contribution >= 4 is 23.0 Å². The summed E-state index contributed by atoms with van der Waals surface area (Å²) in [6.45, 7) is 4.45. The van der Waals surface area contributed by atoms with Gasteiger partial charge in [-0.15, -0.1) is 11.3 Å². The molecule has 0 saturated carbocycles. The van der Waals surface area contributed by atoms with Crippen molar-refractivity contribution in [3.8, 4) is 0 Å². The molecule has 0 spiro atoms. The molecule has 0 bridgehead atoms. The van der Waals surface area contributed by atoms with Crippen molar-refractivity contribution in [2.75, 3.05) is 27.2 Å². The minimum atomic E-state index is -0.836. The maximum absolute atomic E-state index is 13.9. The number of likely N-dealkylation sites (N-methyl/N-ethyl adjacent to an activating group) is 1. The molecule has 0 aliphatic carbocycles. The lowest BCUT2D eigenvalue weighted by molar-refractivity contribution is -0.857. The molecule has 3 rings (SSSR count). The number of rotatable bonds is 6. The first kappa shape index (κ1) is 20.2. The van der Waals surface area contributed by atoms with Crippen LogP contribution in [0.1, 0.15) is 32.0 Å². The molecule has 148 valence electrons. The first-order valence-electron chi connectivity index (χ1n) is 8.98. The van der Waals surface area contributed by atoms with Crippen LogP contribution in [0.2, 0.25) is 0 Å². The highest BCUT2D eigenvalue weighted by Gasteiger charge is 2.44. The minimum Gasteiger partial charge on any atom is -0.503 e. The number of aliphatic hydroxyl groups excluding tert-OH is 1. The molecular weight excluding hydrogens is 381 g/mol. The Morgan fingerprint density at radius 3 is 2.64 bits per heavy atom. The maximum atomic E-state index is 13.9. The van der Waals surface area contributed by atoms with Crippen molar-refractivity contribution in [1.82, 2.24) is 9.88 Å². The van der Waals surface area contributed by atoms with Crippen LogP contribution in [0.3, 0.4) is 0 Å². The molecule has 1 aromatic carbocycles. The Hall–Kier alpha value is -2.58. The average Bonchev–Trinajstić information content (AvgIpc) is 3.09. The van der Waals surface area contributed by atoms with Gasteiger partial charge in [-0.1, -0.05) is 12.1 Å². The number of thiazole rings is 1. The number of Topliss-reactive ketones (excluding diaryl/α,β-unsaturated/α-hetero) is 1. The topological polar surface area (TPSA) is 74.9 Å². The lowest BCUT2D eigenvalue weighted by Crippen LogP contribution is -3.06. The Balaban J connectivity index is 2.10. The highest BCUT2D eigenvalue weighted by Crippen LogP contribution is 2.39. The molecule has 6 nitrogen and oxygen atoms in total. The van der Waals surface area contributed by atoms with Crippen LogP contribution in [0.15, 0.2) is 35.6 Å². The Kier molecular flexibility index (Phi) is 5.62. The van der Waals surface area contributed by atoms with Crippen molar-refractivity contribution in [1.29, 1.82) is 0 Å². The predicted octanol–water partition coefficient (Wildman–Crippen LogP) is 1.62. The second-order valence-electron chi connectivity index (χ2n) is 7.15. The van der Waals surface area contributed by atoms with E-state index in [-0.39, 0.29) is 5.57 Å². The first-order valence-corrected chi connectivity index (χ1v) is 9.79. The third-order valence-corrected chi connectivity index (χ3v) is 5.75. The van der Waals surface area contributed by atoms with Crippen LogP contribution in [-0.2, 0) is 4.79 Å². The molecule has 0 unspecified atom stereocenters. The largest absolute Gasteiger partial charge is 0.503 e. The average molecular weight is 404 g/mol. The number of hydrogen-bond acceptors (Lipinski definition) is 5. The molecule has 8 heteroatoms. The summed E-state index contributed by atoms with van der Waals surface area (Å²) in [4.78, 5) is 33.2. The number of benzene rings is 1. The highest BCUT2D eigenvalue weighted by atomic mass is 32.1. The number of amides is 1. The van der Waals surface area contributed by atoms with E-state index < -0.39 is 29.3 Å². The van der Waals surface area contributed by atoms with Gasteiger partial charge in [0.2, 0.25) is 5.78 Å². The lowest BCUT2D eigenvalue weighted by Gasteiger charge is -2.27.